The summed E-state index contributed by atoms with van der Waals surface area (Å²) in [4.78, 5) is 19.8. The van der Waals surface area contributed by atoms with Gasteiger partial charge in [0, 0.05) is 32.2 Å². The summed E-state index contributed by atoms with van der Waals surface area (Å²) in [5.74, 6) is 0.669. The van der Waals surface area contributed by atoms with Gasteiger partial charge in [-0.3, -0.25) is 4.79 Å². The van der Waals surface area contributed by atoms with E-state index in [1.165, 1.54) is 24.2 Å². The average Bonchev–Trinajstić information content (AvgIpc) is 3.25. The van der Waals surface area contributed by atoms with Crippen molar-refractivity contribution >= 4 is 17.2 Å². The minimum atomic E-state index is 0.146. The van der Waals surface area contributed by atoms with E-state index in [2.05, 4.69) is 4.98 Å². The van der Waals surface area contributed by atoms with E-state index in [-0.39, 0.29) is 18.6 Å². The molecule has 1 aliphatic heterocycles. The number of hydrogen-bond donors (Lipinski definition) is 1. The molecule has 0 radical (unpaired) electrons. The van der Waals surface area contributed by atoms with Crippen LogP contribution in [0.15, 0.2) is 5.51 Å². The Hall–Kier alpha value is -0.980. The van der Waals surface area contributed by atoms with Crippen LogP contribution in [0.5, 0.6) is 0 Å². The molecule has 1 amide bonds. The Morgan fingerprint density at radius 1 is 1.38 bits per heavy atom. The fraction of sp³-hybridized carbons (Fsp3) is 0.733. The van der Waals surface area contributed by atoms with Crippen molar-refractivity contribution in [3.05, 3.63) is 16.1 Å². The minimum absolute atomic E-state index is 0.146. The highest BCUT2D eigenvalue weighted by Crippen LogP contribution is 2.42. The van der Waals surface area contributed by atoms with Crippen molar-refractivity contribution in [1.82, 2.24) is 9.88 Å². The molecule has 21 heavy (non-hydrogen) atoms. The van der Waals surface area contributed by atoms with Crippen LogP contribution in [0.2, 0.25) is 0 Å². The Kier molecular flexibility index (Phi) is 4.87. The molecule has 0 spiro atoms. The molecule has 2 aliphatic rings. The zero-order valence-electron chi connectivity index (χ0n) is 12.2. The van der Waals surface area contributed by atoms with Crippen molar-refractivity contribution < 1.29 is 14.6 Å². The maximum atomic E-state index is 12.6. The predicted molar refractivity (Wildman–Crippen MR) is 80.7 cm³/mol. The number of carbonyl (C=O) groups excluding carboxylic acids is 1. The second-order valence-corrected chi connectivity index (χ2v) is 6.64. The number of ether oxygens (including phenoxy) is 1. The van der Waals surface area contributed by atoms with E-state index in [0.717, 1.165) is 36.5 Å². The number of carbonyl (C=O) groups is 1. The number of hydrogen-bond acceptors (Lipinski definition) is 5. The van der Waals surface area contributed by atoms with Crippen LogP contribution in [0.1, 0.15) is 53.4 Å². The molecule has 0 bridgehead atoms. The van der Waals surface area contributed by atoms with Crippen molar-refractivity contribution in [2.75, 3.05) is 26.3 Å². The molecule has 1 saturated heterocycles. The van der Waals surface area contributed by atoms with E-state index in [9.17, 15) is 4.79 Å². The third-order valence-electron chi connectivity index (χ3n) is 4.14. The molecule has 0 unspecified atom stereocenters. The van der Waals surface area contributed by atoms with Crippen LogP contribution in [-0.4, -0.2) is 53.3 Å². The van der Waals surface area contributed by atoms with Gasteiger partial charge in [0.2, 0.25) is 0 Å². The van der Waals surface area contributed by atoms with Crippen molar-refractivity contribution in [1.29, 1.82) is 0 Å². The summed E-state index contributed by atoms with van der Waals surface area (Å²) in [6.45, 7) is 2.29. The topological polar surface area (TPSA) is 62.7 Å². The number of aliphatic hydroxyl groups is 1. The predicted octanol–water partition coefficient (Wildman–Crippen LogP) is 2.02. The van der Waals surface area contributed by atoms with Gasteiger partial charge in [-0.2, -0.15) is 0 Å². The van der Waals surface area contributed by atoms with Crippen LogP contribution in [0.4, 0.5) is 0 Å². The standard InChI is InChI=1S/C15H22N2O3S/c18-8-1-9-20-12-4-6-17(7-5-12)15(19)14-13(11-2-3-11)16-10-21-14/h10-12,18H,1-9H2. The lowest BCUT2D eigenvalue weighted by Crippen LogP contribution is -2.41. The van der Waals surface area contributed by atoms with Gasteiger partial charge in [-0.15, -0.1) is 11.3 Å². The van der Waals surface area contributed by atoms with Crippen LogP contribution in [-0.2, 0) is 4.74 Å². The number of rotatable bonds is 6. The highest BCUT2D eigenvalue weighted by molar-refractivity contribution is 7.11. The highest BCUT2D eigenvalue weighted by Gasteiger charge is 2.33. The zero-order chi connectivity index (χ0) is 14.7. The summed E-state index contributed by atoms with van der Waals surface area (Å²) >= 11 is 1.48. The van der Waals surface area contributed by atoms with Gasteiger partial charge in [0.05, 0.1) is 17.3 Å². The Bertz CT molecular complexity index is 479. The second-order valence-electron chi connectivity index (χ2n) is 5.78. The summed E-state index contributed by atoms with van der Waals surface area (Å²) < 4.78 is 5.71. The summed E-state index contributed by atoms with van der Waals surface area (Å²) in [5, 5.41) is 8.75. The maximum absolute atomic E-state index is 12.6. The lowest BCUT2D eigenvalue weighted by molar-refractivity contribution is 0.00406. The van der Waals surface area contributed by atoms with Gasteiger partial charge in [0.15, 0.2) is 0 Å². The lowest BCUT2D eigenvalue weighted by Gasteiger charge is -2.31. The molecule has 116 valence electrons. The first kappa shape index (κ1) is 14.9. The third-order valence-corrected chi connectivity index (χ3v) is 4.97. The fourth-order valence-electron chi connectivity index (χ4n) is 2.75. The third kappa shape index (κ3) is 3.62. The first-order chi connectivity index (χ1) is 10.3. The molecule has 5 nitrogen and oxygen atoms in total. The lowest BCUT2D eigenvalue weighted by atomic mass is 10.1. The minimum Gasteiger partial charge on any atom is -0.396 e. The number of nitrogens with zero attached hydrogens (tertiary/aromatic N) is 2. The van der Waals surface area contributed by atoms with E-state index >= 15 is 0 Å². The Morgan fingerprint density at radius 2 is 2.14 bits per heavy atom. The molecule has 1 saturated carbocycles. The fourth-order valence-corrected chi connectivity index (χ4v) is 3.59. The molecule has 1 aliphatic carbocycles. The van der Waals surface area contributed by atoms with Gasteiger partial charge in [0.1, 0.15) is 4.88 Å². The van der Waals surface area contributed by atoms with Gasteiger partial charge < -0.3 is 14.7 Å². The summed E-state index contributed by atoms with van der Waals surface area (Å²) in [6, 6.07) is 0. The molecule has 0 atom stereocenters. The Labute approximate surface area is 128 Å². The monoisotopic (exact) mass is 310 g/mol. The first-order valence-corrected chi connectivity index (χ1v) is 8.62. The SMILES string of the molecule is O=C(c1scnc1C1CC1)N1CCC(OCCCO)CC1. The maximum Gasteiger partial charge on any atom is 0.265 e. The van der Waals surface area contributed by atoms with Gasteiger partial charge in [-0.05, 0) is 32.1 Å². The van der Waals surface area contributed by atoms with E-state index in [4.69, 9.17) is 9.84 Å². The molecule has 3 rings (SSSR count). The largest absolute Gasteiger partial charge is 0.396 e. The Morgan fingerprint density at radius 3 is 2.81 bits per heavy atom. The molecule has 1 N–H and O–H groups in total. The molecular weight excluding hydrogens is 288 g/mol. The highest BCUT2D eigenvalue weighted by atomic mass is 32.1. The molecule has 1 aromatic rings. The van der Waals surface area contributed by atoms with Crippen LogP contribution in [0.3, 0.4) is 0 Å². The van der Waals surface area contributed by atoms with E-state index in [1.54, 1.807) is 5.51 Å². The summed E-state index contributed by atoms with van der Waals surface area (Å²) in [7, 11) is 0. The van der Waals surface area contributed by atoms with Crippen LogP contribution >= 0.6 is 11.3 Å². The average molecular weight is 310 g/mol. The first-order valence-electron chi connectivity index (χ1n) is 7.74. The summed E-state index contributed by atoms with van der Waals surface area (Å²) in [6.07, 6.45) is 5.02. The molecular formula is C15H22N2O3S. The normalized spacial score (nSPS) is 20.0. The Balaban J connectivity index is 1.52. The molecule has 2 fully saturated rings. The number of thiazole rings is 1. The smallest absolute Gasteiger partial charge is 0.265 e. The number of likely N-dealkylation sites (tertiary alicyclic amines) is 1. The quantitative estimate of drug-likeness (QED) is 0.817. The number of piperidine rings is 1. The van der Waals surface area contributed by atoms with Gasteiger partial charge in [-0.25, -0.2) is 4.98 Å². The van der Waals surface area contributed by atoms with Crippen LogP contribution in [0.25, 0.3) is 0 Å². The van der Waals surface area contributed by atoms with Crippen molar-refractivity contribution in [2.45, 2.75) is 44.1 Å². The molecule has 1 aromatic heterocycles. The van der Waals surface area contributed by atoms with Crippen molar-refractivity contribution in [3.63, 3.8) is 0 Å². The van der Waals surface area contributed by atoms with E-state index < -0.39 is 0 Å². The molecule has 6 heteroatoms. The van der Waals surface area contributed by atoms with Crippen molar-refractivity contribution in [2.24, 2.45) is 0 Å². The van der Waals surface area contributed by atoms with E-state index in [0.29, 0.717) is 18.9 Å². The van der Waals surface area contributed by atoms with Gasteiger partial charge >= 0.3 is 0 Å². The second kappa shape index (κ2) is 6.85. The molecule has 2 heterocycles. The molecule has 0 aromatic carbocycles. The van der Waals surface area contributed by atoms with Gasteiger partial charge in [0.25, 0.3) is 5.91 Å². The van der Waals surface area contributed by atoms with Crippen molar-refractivity contribution in [3.8, 4) is 0 Å². The summed E-state index contributed by atoms with van der Waals surface area (Å²) in [5.41, 5.74) is 2.82. The number of aliphatic hydroxyl groups excluding tert-OH is 1. The number of amides is 1. The van der Waals surface area contributed by atoms with Crippen LogP contribution < -0.4 is 0 Å². The van der Waals surface area contributed by atoms with E-state index in [1.807, 2.05) is 4.90 Å². The number of aromatic nitrogens is 1. The zero-order valence-corrected chi connectivity index (χ0v) is 13.0. The van der Waals surface area contributed by atoms with Crippen LogP contribution in [0, 0.1) is 0 Å². The van der Waals surface area contributed by atoms with Gasteiger partial charge in [-0.1, -0.05) is 0 Å².